The van der Waals surface area contributed by atoms with Crippen molar-refractivity contribution in [3.05, 3.63) is 18.3 Å². The molecule has 1 aliphatic heterocycles. The highest BCUT2D eigenvalue weighted by Crippen LogP contribution is 2.38. The summed E-state index contributed by atoms with van der Waals surface area (Å²) >= 11 is 0. The molecule has 0 unspecified atom stereocenters. The van der Waals surface area contributed by atoms with Gasteiger partial charge in [-0.15, -0.1) is 0 Å². The molecule has 1 aromatic carbocycles. The zero-order chi connectivity index (χ0) is 15.6. The Kier molecular flexibility index (Phi) is 4.10. The largest absolute Gasteiger partial charge is 0.488 e. The van der Waals surface area contributed by atoms with Crippen LogP contribution in [0.15, 0.2) is 18.3 Å². The van der Waals surface area contributed by atoms with Crippen LogP contribution in [0.3, 0.4) is 0 Å². The van der Waals surface area contributed by atoms with Crippen molar-refractivity contribution < 1.29 is 9.47 Å². The van der Waals surface area contributed by atoms with E-state index in [1.54, 1.807) is 0 Å². The first-order valence-corrected chi connectivity index (χ1v) is 8.52. The Morgan fingerprint density at radius 2 is 1.96 bits per heavy atom. The smallest absolute Gasteiger partial charge is 0.143 e. The maximum absolute atomic E-state index is 6.39. The molecule has 0 radical (unpaired) electrons. The molecule has 0 spiro atoms. The summed E-state index contributed by atoms with van der Waals surface area (Å²) < 4.78 is 11.9. The number of aromatic amines is 1. The van der Waals surface area contributed by atoms with Gasteiger partial charge >= 0.3 is 0 Å². The normalized spacial score (nSPS) is 25.7. The predicted octanol–water partition coefficient (Wildman–Crippen LogP) is 2.05. The monoisotopic (exact) mass is 316 g/mol. The van der Waals surface area contributed by atoms with Crippen LogP contribution in [0.25, 0.3) is 10.9 Å². The van der Waals surface area contributed by atoms with Gasteiger partial charge in [-0.2, -0.15) is 5.10 Å². The molecule has 6 nitrogen and oxygen atoms in total. The number of hydrogen-bond acceptors (Lipinski definition) is 5. The molecule has 1 saturated heterocycles. The number of aromatic nitrogens is 2. The summed E-state index contributed by atoms with van der Waals surface area (Å²) in [5, 5.41) is 8.38. The van der Waals surface area contributed by atoms with Gasteiger partial charge in [-0.25, -0.2) is 0 Å². The van der Waals surface area contributed by atoms with Crippen LogP contribution in [-0.4, -0.2) is 48.6 Å². The molecule has 1 aromatic heterocycles. The molecule has 2 heterocycles. The Bertz CT molecular complexity index is 658. The van der Waals surface area contributed by atoms with E-state index in [1.165, 1.54) is 0 Å². The van der Waals surface area contributed by atoms with Crippen LogP contribution in [0.4, 0.5) is 5.69 Å². The first-order chi connectivity index (χ1) is 11.3. The number of nitrogens with zero attached hydrogens (tertiary/aromatic N) is 2. The second kappa shape index (κ2) is 6.37. The highest BCUT2D eigenvalue weighted by Gasteiger charge is 2.24. The lowest BCUT2D eigenvalue weighted by molar-refractivity contribution is 0.121. The van der Waals surface area contributed by atoms with Gasteiger partial charge in [0, 0.05) is 24.5 Å². The maximum atomic E-state index is 6.39. The quantitative estimate of drug-likeness (QED) is 0.906. The summed E-state index contributed by atoms with van der Waals surface area (Å²) in [6.45, 7) is 3.28. The average molecular weight is 316 g/mol. The van der Waals surface area contributed by atoms with Gasteiger partial charge in [0.25, 0.3) is 0 Å². The minimum Gasteiger partial charge on any atom is -0.488 e. The van der Waals surface area contributed by atoms with Crippen molar-refractivity contribution in [3.63, 3.8) is 0 Å². The Balaban J connectivity index is 1.64. The minimum atomic E-state index is 0.263. The fraction of sp³-hybridized carbons (Fsp3) is 0.588. The fourth-order valence-corrected chi connectivity index (χ4v) is 3.58. The van der Waals surface area contributed by atoms with Crippen molar-refractivity contribution in [2.45, 2.75) is 37.8 Å². The molecule has 1 aliphatic carbocycles. The Hall–Kier alpha value is -1.79. The number of fused-ring (bicyclic) bond motifs is 1. The van der Waals surface area contributed by atoms with Crippen LogP contribution < -0.4 is 15.4 Å². The number of H-pyrrole nitrogens is 1. The number of nitrogens with one attached hydrogen (secondary N) is 1. The zero-order valence-corrected chi connectivity index (χ0v) is 13.3. The Morgan fingerprint density at radius 1 is 1.17 bits per heavy atom. The van der Waals surface area contributed by atoms with Crippen LogP contribution in [0, 0.1) is 0 Å². The van der Waals surface area contributed by atoms with E-state index in [2.05, 4.69) is 27.2 Å². The summed E-state index contributed by atoms with van der Waals surface area (Å²) in [4.78, 5) is 2.35. The lowest BCUT2D eigenvalue weighted by atomic mass is 9.93. The van der Waals surface area contributed by atoms with E-state index < -0.39 is 0 Å². The molecule has 0 atom stereocenters. The van der Waals surface area contributed by atoms with Crippen molar-refractivity contribution >= 4 is 16.6 Å². The number of benzene rings is 1. The van der Waals surface area contributed by atoms with Gasteiger partial charge in [-0.05, 0) is 37.8 Å². The topological polar surface area (TPSA) is 76.4 Å². The van der Waals surface area contributed by atoms with E-state index in [4.69, 9.17) is 15.2 Å². The van der Waals surface area contributed by atoms with Crippen LogP contribution in [0.2, 0.25) is 0 Å². The van der Waals surface area contributed by atoms with Gasteiger partial charge in [-0.3, -0.25) is 5.10 Å². The summed E-state index contributed by atoms with van der Waals surface area (Å²) in [6.07, 6.45) is 6.32. The minimum absolute atomic E-state index is 0.263. The highest BCUT2D eigenvalue weighted by molar-refractivity contribution is 5.95. The third kappa shape index (κ3) is 3.01. The molecule has 23 heavy (non-hydrogen) atoms. The van der Waals surface area contributed by atoms with Crippen molar-refractivity contribution in [3.8, 4) is 5.75 Å². The highest BCUT2D eigenvalue weighted by atomic mass is 16.5. The molecule has 1 saturated carbocycles. The molecular weight excluding hydrogens is 292 g/mol. The molecule has 2 fully saturated rings. The van der Waals surface area contributed by atoms with Crippen LogP contribution in [0.5, 0.6) is 5.75 Å². The molecular formula is C17H24N4O2. The van der Waals surface area contributed by atoms with Crippen LogP contribution in [0.1, 0.15) is 25.7 Å². The number of rotatable bonds is 3. The Morgan fingerprint density at radius 3 is 2.74 bits per heavy atom. The standard InChI is InChI=1S/C17H24N4O2/c18-12-1-3-13(4-2-12)23-16-6-5-15-14(11-19-20-15)17(16)21-7-9-22-10-8-21/h5-6,11-13H,1-4,7-10,18H2,(H,19,20). The summed E-state index contributed by atoms with van der Waals surface area (Å²) in [7, 11) is 0. The second-order valence-corrected chi connectivity index (χ2v) is 6.50. The molecule has 0 amide bonds. The molecule has 124 valence electrons. The Labute approximate surface area is 135 Å². The number of nitrogens with two attached hydrogens (primary N) is 1. The third-order valence-corrected chi connectivity index (χ3v) is 4.90. The molecule has 3 N–H and O–H groups in total. The van der Waals surface area contributed by atoms with Gasteiger partial charge in [-0.1, -0.05) is 0 Å². The average Bonchev–Trinajstić information content (AvgIpc) is 3.06. The van der Waals surface area contributed by atoms with E-state index in [-0.39, 0.29) is 6.10 Å². The number of ether oxygens (including phenoxy) is 2. The van der Waals surface area contributed by atoms with Crippen molar-refractivity contribution in [2.75, 3.05) is 31.2 Å². The van der Waals surface area contributed by atoms with E-state index in [1.807, 2.05) is 6.20 Å². The SMILES string of the molecule is NC1CCC(Oc2ccc3[nH]ncc3c2N2CCOCC2)CC1. The van der Waals surface area contributed by atoms with Crippen LogP contribution in [-0.2, 0) is 4.74 Å². The fourth-order valence-electron chi connectivity index (χ4n) is 3.58. The van der Waals surface area contributed by atoms with Crippen molar-refractivity contribution in [1.29, 1.82) is 0 Å². The third-order valence-electron chi connectivity index (χ3n) is 4.90. The lowest BCUT2D eigenvalue weighted by Crippen LogP contribution is -2.37. The number of morpholine rings is 1. The summed E-state index contributed by atoms with van der Waals surface area (Å²) in [5.41, 5.74) is 8.20. The number of hydrogen-bond donors (Lipinski definition) is 2. The van der Waals surface area contributed by atoms with E-state index in [0.29, 0.717) is 6.04 Å². The van der Waals surface area contributed by atoms with Gasteiger partial charge < -0.3 is 20.1 Å². The van der Waals surface area contributed by atoms with Crippen molar-refractivity contribution in [1.82, 2.24) is 10.2 Å². The zero-order valence-electron chi connectivity index (χ0n) is 13.3. The van der Waals surface area contributed by atoms with Gasteiger partial charge in [0.05, 0.1) is 36.7 Å². The molecule has 0 bridgehead atoms. The van der Waals surface area contributed by atoms with E-state index >= 15 is 0 Å². The molecule has 2 aliphatic rings. The van der Waals surface area contributed by atoms with E-state index in [0.717, 1.165) is 74.3 Å². The van der Waals surface area contributed by atoms with Gasteiger partial charge in [0.1, 0.15) is 5.75 Å². The van der Waals surface area contributed by atoms with Gasteiger partial charge in [0.15, 0.2) is 0 Å². The second-order valence-electron chi connectivity index (χ2n) is 6.50. The van der Waals surface area contributed by atoms with E-state index in [9.17, 15) is 0 Å². The molecule has 2 aromatic rings. The first kappa shape index (κ1) is 14.8. The molecule has 6 heteroatoms. The van der Waals surface area contributed by atoms with Gasteiger partial charge in [0.2, 0.25) is 0 Å². The van der Waals surface area contributed by atoms with Crippen LogP contribution >= 0.6 is 0 Å². The summed E-state index contributed by atoms with van der Waals surface area (Å²) in [6, 6.07) is 4.46. The lowest BCUT2D eigenvalue weighted by Gasteiger charge is -2.33. The maximum Gasteiger partial charge on any atom is 0.143 e. The molecule has 4 rings (SSSR count). The van der Waals surface area contributed by atoms with Crippen molar-refractivity contribution in [2.24, 2.45) is 5.73 Å². The first-order valence-electron chi connectivity index (χ1n) is 8.52. The number of anilines is 1. The summed E-state index contributed by atoms with van der Waals surface area (Å²) in [5.74, 6) is 0.960. The predicted molar refractivity (Wildman–Crippen MR) is 90.0 cm³/mol.